The molecule has 1 atom stereocenters. The second-order valence-electron chi connectivity index (χ2n) is 4.45. The summed E-state index contributed by atoms with van der Waals surface area (Å²) in [6.45, 7) is 9.39. The van der Waals surface area contributed by atoms with Crippen LogP contribution in [0.15, 0.2) is 12.2 Å². The van der Waals surface area contributed by atoms with Crippen LogP contribution in [0.5, 0.6) is 0 Å². The van der Waals surface area contributed by atoms with Gasteiger partial charge in [0.25, 0.3) is 0 Å². The highest BCUT2D eigenvalue weighted by Gasteiger charge is 2.21. The van der Waals surface area contributed by atoms with Gasteiger partial charge in [-0.15, -0.1) is 6.58 Å². The summed E-state index contributed by atoms with van der Waals surface area (Å²) in [7, 11) is 0. The van der Waals surface area contributed by atoms with Gasteiger partial charge in [0.2, 0.25) is 0 Å². The van der Waals surface area contributed by atoms with Crippen molar-refractivity contribution >= 4 is 0 Å². The first-order chi connectivity index (χ1) is 6.22. The summed E-state index contributed by atoms with van der Waals surface area (Å²) < 4.78 is 0. The molecule has 0 aromatic heterocycles. The average molecular weight is 181 g/mol. The minimum Gasteiger partial charge on any atom is -0.314 e. The molecule has 0 saturated heterocycles. The molecule has 0 aliphatic heterocycles. The van der Waals surface area contributed by atoms with Gasteiger partial charge in [0.1, 0.15) is 0 Å². The number of rotatable bonds is 6. The fourth-order valence-electron chi connectivity index (χ4n) is 2.08. The van der Waals surface area contributed by atoms with Gasteiger partial charge in [0, 0.05) is 6.04 Å². The minimum absolute atomic E-state index is 0.688. The van der Waals surface area contributed by atoms with Crippen LogP contribution in [0.4, 0.5) is 0 Å². The average Bonchev–Trinajstić information content (AvgIpc) is 1.96. The fraction of sp³-hybridized carbons (Fsp3) is 0.833. The summed E-state index contributed by atoms with van der Waals surface area (Å²) >= 11 is 0. The lowest BCUT2D eigenvalue weighted by molar-refractivity contribution is 0.260. The predicted octanol–water partition coefficient (Wildman–Crippen LogP) is 3.12. The molecule has 0 spiro atoms. The SMILES string of the molecule is C=C(C)CC(CC1CCC1)NCC. The first kappa shape index (κ1) is 10.8. The van der Waals surface area contributed by atoms with E-state index in [1.165, 1.54) is 31.3 Å². The second-order valence-corrected chi connectivity index (χ2v) is 4.45. The van der Waals surface area contributed by atoms with Gasteiger partial charge in [-0.25, -0.2) is 0 Å². The molecule has 0 bridgehead atoms. The van der Waals surface area contributed by atoms with Gasteiger partial charge in [0.15, 0.2) is 0 Å². The van der Waals surface area contributed by atoms with Crippen molar-refractivity contribution in [3.63, 3.8) is 0 Å². The number of hydrogen-bond donors (Lipinski definition) is 1. The highest BCUT2D eigenvalue weighted by atomic mass is 14.9. The molecule has 1 unspecified atom stereocenters. The summed E-state index contributed by atoms with van der Waals surface area (Å²) in [5.41, 5.74) is 1.31. The van der Waals surface area contributed by atoms with Gasteiger partial charge in [-0.3, -0.25) is 0 Å². The van der Waals surface area contributed by atoms with Crippen molar-refractivity contribution in [2.24, 2.45) is 5.92 Å². The Labute approximate surface area is 82.6 Å². The Morgan fingerprint density at radius 3 is 2.62 bits per heavy atom. The topological polar surface area (TPSA) is 12.0 Å². The molecule has 1 saturated carbocycles. The van der Waals surface area contributed by atoms with E-state index in [1.807, 2.05) is 0 Å². The maximum atomic E-state index is 3.99. The third kappa shape index (κ3) is 3.95. The lowest BCUT2D eigenvalue weighted by Crippen LogP contribution is -2.32. The van der Waals surface area contributed by atoms with E-state index in [2.05, 4.69) is 25.7 Å². The van der Waals surface area contributed by atoms with E-state index in [1.54, 1.807) is 0 Å². The molecular weight excluding hydrogens is 158 g/mol. The lowest BCUT2D eigenvalue weighted by atomic mass is 9.80. The van der Waals surface area contributed by atoms with Crippen molar-refractivity contribution in [3.8, 4) is 0 Å². The fourth-order valence-corrected chi connectivity index (χ4v) is 2.08. The standard InChI is InChI=1S/C12H23N/c1-4-13-12(8-10(2)3)9-11-6-5-7-11/h11-13H,2,4-9H2,1,3H3. The number of hydrogen-bond acceptors (Lipinski definition) is 1. The molecule has 1 aliphatic rings. The van der Waals surface area contributed by atoms with Crippen LogP contribution in [-0.4, -0.2) is 12.6 Å². The molecule has 76 valence electrons. The first-order valence-corrected chi connectivity index (χ1v) is 5.60. The first-order valence-electron chi connectivity index (χ1n) is 5.60. The van der Waals surface area contributed by atoms with Crippen LogP contribution in [0.25, 0.3) is 0 Å². The molecule has 1 aliphatic carbocycles. The molecule has 0 radical (unpaired) electrons. The van der Waals surface area contributed by atoms with E-state index in [-0.39, 0.29) is 0 Å². The Kier molecular flexibility index (Phi) is 4.51. The van der Waals surface area contributed by atoms with Crippen LogP contribution >= 0.6 is 0 Å². The molecule has 1 heteroatoms. The van der Waals surface area contributed by atoms with Gasteiger partial charge in [-0.05, 0) is 32.2 Å². The number of nitrogens with one attached hydrogen (secondary N) is 1. The van der Waals surface area contributed by atoms with Crippen molar-refractivity contribution in [1.29, 1.82) is 0 Å². The Morgan fingerprint density at radius 1 is 1.54 bits per heavy atom. The molecule has 0 heterocycles. The lowest BCUT2D eigenvalue weighted by Gasteiger charge is -2.30. The van der Waals surface area contributed by atoms with Crippen molar-refractivity contribution in [3.05, 3.63) is 12.2 Å². The summed E-state index contributed by atoms with van der Waals surface area (Å²) in [5.74, 6) is 1.00. The Bertz CT molecular complexity index is 159. The summed E-state index contributed by atoms with van der Waals surface area (Å²) in [6, 6.07) is 0.688. The van der Waals surface area contributed by atoms with Crippen molar-refractivity contribution in [2.45, 2.75) is 52.0 Å². The van der Waals surface area contributed by atoms with Gasteiger partial charge in [0.05, 0.1) is 0 Å². The van der Waals surface area contributed by atoms with E-state index in [4.69, 9.17) is 0 Å². The molecule has 0 aromatic rings. The maximum absolute atomic E-state index is 3.99. The smallest absolute Gasteiger partial charge is 0.0106 e. The van der Waals surface area contributed by atoms with Crippen molar-refractivity contribution in [1.82, 2.24) is 5.32 Å². The highest BCUT2D eigenvalue weighted by Crippen LogP contribution is 2.31. The Morgan fingerprint density at radius 2 is 2.23 bits per heavy atom. The van der Waals surface area contributed by atoms with Gasteiger partial charge < -0.3 is 5.32 Å². The van der Waals surface area contributed by atoms with E-state index in [0.29, 0.717) is 6.04 Å². The summed E-state index contributed by atoms with van der Waals surface area (Å²) in [4.78, 5) is 0. The van der Waals surface area contributed by atoms with Crippen LogP contribution in [0.2, 0.25) is 0 Å². The van der Waals surface area contributed by atoms with Gasteiger partial charge in [-0.2, -0.15) is 0 Å². The Hall–Kier alpha value is -0.300. The van der Waals surface area contributed by atoms with Crippen LogP contribution < -0.4 is 5.32 Å². The van der Waals surface area contributed by atoms with E-state index in [0.717, 1.165) is 18.9 Å². The second kappa shape index (κ2) is 5.43. The highest BCUT2D eigenvalue weighted by molar-refractivity contribution is 4.93. The molecule has 0 aromatic carbocycles. The van der Waals surface area contributed by atoms with E-state index in [9.17, 15) is 0 Å². The largest absolute Gasteiger partial charge is 0.314 e. The molecule has 1 nitrogen and oxygen atoms in total. The molecule has 0 amide bonds. The molecule has 13 heavy (non-hydrogen) atoms. The quantitative estimate of drug-likeness (QED) is 0.621. The molecule has 1 N–H and O–H groups in total. The zero-order chi connectivity index (χ0) is 9.68. The van der Waals surface area contributed by atoms with Crippen molar-refractivity contribution < 1.29 is 0 Å². The van der Waals surface area contributed by atoms with E-state index >= 15 is 0 Å². The molecular formula is C12H23N. The zero-order valence-corrected chi connectivity index (χ0v) is 9.10. The zero-order valence-electron chi connectivity index (χ0n) is 9.10. The molecule has 1 fully saturated rings. The van der Waals surface area contributed by atoms with Crippen LogP contribution in [0, 0.1) is 5.92 Å². The van der Waals surface area contributed by atoms with Crippen LogP contribution in [-0.2, 0) is 0 Å². The third-order valence-corrected chi connectivity index (χ3v) is 2.93. The Balaban J connectivity index is 2.23. The van der Waals surface area contributed by atoms with Crippen LogP contribution in [0.3, 0.4) is 0 Å². The van der Waals surface area contributed by atoms with E-state index < -0.39 is 0 Å². The predicted molar refractivity (Wildman–Crippen MR) is 58.9 cm³/mol. The summed E-state index contributed by atoms with van der Waals surface area (Å²) in [6.07, 6.45) is 6.89. The summed E-state index contributed by atoms with van der Waals surface area (Å²) in [5, 5.41) is 3.55. The van der Waals surface area contributed by atoms with Gasteiger partial charge >= 0.3 is 0 Å². The maximum Gasteiger partial charge on any atom is 0.0106 e. The normalized spacial score (nSPS) is 19.5. The monoisotopic (exact) mass is 181 g/mol. The minimum atomic E-state index is 0.688. The third-order valence-electron chi connectivity index (χ3n) is 2.93. The van der Waals surface area contributed by atoms with Crippen LogP contribution in [0.1, 0.15) is 46.0 Å². The van der Waals surface area contributed by atoms with Gasteiger partial charge in [-0.1, -0.05) is 31.8 Å². The van der Waals surface area contributed by atoms with Crippen molar-refractivity contribution in [2.75, 3.05) is 6.54 Å². The molecule has 1 rings (SSSR count).